The van der Waals surface area contributed by atoms with Crippen molar-refractivity contribution in [3.05, 3.63) is 179 Å². The van der Waals surface area contributed by atoms with Crippen LogP contribution in [0.5, 0.6) is 0 Å². The van der Waals surface area contributed by atoms with Gasteiger partial charge in [0.1, 0.15) is 24.4 Å². The van der Waals surface area contributed by atoms with Crippen LogP contribution in [0.1, 0.15) is 34.2 Å². The molecule has 1 heterocycles. The van der Waals surface area contributed by atoms with E-state index in [-0.39, 0.29) is 0 Å². The van der Waals surface area contributed by atoms with Crippen LogP contribution in [0.4, 0.5) is 0 Å². The van der Waals surface area contributed by atoms with Gasteiger partial charge in [-0.25, -0.2) is 0 Å². The minimum absolute atomic E-state index is 0.300. The van der Waals surface area contributed by atoms with Crippen LogP contribution in [-0.2, 0) is 61.3 Å². The summed E-state index contributed by atoms with van der Waals surface area (Å²) in [5, 5.41) is 0. The Balaban J connectivity index is 1.25. The number of hydrogen-bond donors (Lipinski definition) is 0. The smallest absolute Gasteiger partial charge is 0.186 e. The molecule has 6 nitrogen and oxygen atoms in total. The zero-order valence-electron chi connectivity index (χ0n) is 27.9. The molecule has 0 saturated carbocycles. The van der Waals surface area contributed by atoms with Gasteiger partial charge in [0.05, 0.1) is 39.6 Å². The molecule has 0 spiro atoms. The molecule has 1 fully saturated rings. The average molecular weight is 659 g/mol. The van der Waals surface area contributed by atoms with E-state index in [4.69, 9.17) is 28.4 Å². The Kier molecular flexibility index (Phi) is 13.6. The van der Waals surface area contributed by atoms with Crippen molar-refractivity contribution in [2.75, 3.05) is 13.2 Å². The van der Waals surface area contributed by atoms with Gasteiger partial charge in [-0.15, -0.1) is 0 Å². The number of aryl methyl sites for hydroxylation is 1. The number of benzene rings is 5. The highest BCUT2D eigenvalue weighted by Gasteiger charge is 2.49. The molecule has 0 unspecified atom stereocenters. The highest BCUT2D eigenvalue weighted by molar-refractivity contribution is 5.17. The number of rotatable bonds is 18. The second kappa shape index (κ2) is 19.2. The lowest BCUT2D eigenvalue weighted by molar-refractivity contribution is -0.328. The lowest BCUT2D eigenvalue weighted by atomic mass is 9.97. The van der Waals surface area contributed by atoms with Crippen molar-refractivity contribution in [3.63, 3.8) is 0 Å². The maximum absolute atomic E-state index is 6.81. The fraction of sp³-hybridized carbons (Fsp3) is 0.302. The standard InChI is InChI=1S/C43H46O6/c1-6-17-34(18-7-1)27-16-28-45-43-42(48-32-38-25-14-5-15-26-38)41(47-31-37-23-12-4-13-24-37)40(46-30-36-21-10-3-11-22-36)39(49-43)33-44-29-35-19-8-2-9-20-35/h1-15,17-26,39-43H,16,27-33H2/t39-,40-,41+,42-,43-/m1/s1. The molecule has 5 aromatic carbocycles. The van der Waals surface area contributed by atoms with E-state index in [1.807, 2.05) is 78.9 Å². The van der Waals surface area contributed by atoms with Crippen LogP contribution >= 0.6 is 0 Å². The normalized spacial score (nSPS) is 20.6. The topological polar surface area (TPSA) is 55.4 Å². The van der Waals surface area contributed by atoms with Gasteiger partial charge in [0.25, 0.3) is 0 Å². The van der Waals surface area contributed by atoms with Crippen LogP contribution in [0.25, 0.3) is 0 Å². The summed E-state index contributed by atoms with van der Waals surface area (Å²) in [6.07, 6.45) is -0.981. The van der Waals surface area contributed by atoms with E-state index >= 15 is 0 Å². The third kappa shape index (κ3) is 10.9. The van der Waals surface area contributed by atoms with Crippen LogP contribution in [0.3, 0.4) is 0 Å². The van der Waals surface area contributed by atoms with E-state index < -0.39 is 30.7 Å². The van der Waals surface area contributed by atoms with E-state index in [0.29, 0.717) is 39.6 Å². The third-order valence-corrected chi connectivity index (χ3v) is 8.58. The molecule has 49 heavy (non-hydrogen) atoms. The lowest BCUT2D eigenvalue weighted by Gasteiger charge is -2.46. The van der Waals surface area contributed by atoms with Gasteiger partial charge >= 0.3 is 0 Å². The van der Waals surface area contributed by atoms with Gasteiger partial charge < -0.3 is 28.4 Å². The van der Waals surface area contributed by atoms with Gasteiger partial charge in [-0.05, 0) is 40.7 Å². The highest BCUT2D eigenvalue weighted by atomic mass is 16.7. The molecule has 5 aromatic rings. The molecule has 1 saturated heterocycles. The molecule has 6 rings (SSSR count). The predicted molar refractivity (Wildman–Crippen MR) is 191 cm³/mol. The molecule has 0 bridgehead atoms. The summed E-state index contributed by atoms with van der Waals surface area (Å²) in [4.78, 5) is 0. The summed E-state index contributed by atoms with van der Waals surface area (Å²) in [7, 11) is 0. The van der Waals surface area contributed by atoms with Gasteiger partial charge in [0.15, 0.2) is 6.29 Å². The van der Waals surface area contributed by atoms with Gasteiger partial charge in [-0.2, -0.15) is 0 Å². The largest absolute Gasteiger partial charge is 0.374 e. The zero-order chi connectivity index (χ0) is 33.4. The second-order valence-electron chi connectivity index (χ2n) is 12.3. The van der Waals surface area contributed by atoms with Crippen molar-refractivity contribution in [3.8, 4) is 0 Å². The minimum atomic E-state index is -0.692. The molecule has 0 aromatic heterocycles. The Hall–Kier alpha value is -4.14. The summed E-state index contributed by atoms with van der Waals surface area (Å²) in [6, 6.07) is 51.1. The number of hydrogen-bond acceptors (Lipinski definition) is 6. The summed E-state index contributed by atoms with van der Waals surface area (Å²) >= 11 is 0. The molecular formula is C43H46O6. The quantitative estimate of drug-likeness (QED) is 0.0883. The summed E-state index contributed by atoms with van der Waals surface area (Å²) in [5.41, 5.74) is 5.55. The van der Waals surface area contributed by atoms with E-state index in [2.05, 4.69) is 72.8 Å². The Bertz CT molecular complexity index is 1590. The molecule has 0 radical (unpaired) electrons. The number of ether oxygens (including phenoxy) is 6. The Morgan fingerprint density at radius 2 is 0.816 bits per heavy atom. The van der Waals surface area contributed by atoms with E-state index in [9.17, 15) is 0 Å². The van der Waals surface area contributed by atoms with Gasteiger partial charge in [-0.1, -0.05) is 152 Å². The van der Waals surface area contributed by atoms with Crippen molar-refractivity contribution >= 4 is 0 Å². The predicted octanol–water partition coefficient (Wildman–Crippen LogP) is 8.33. The molecule has 0 aliphatic carbocycles. The second-order valence-corrected chi connectivity index (χ2v) is 12.3. The van der Waals surface area contributed by atoms with E-state index in [1.54, 1.807) is 0 Å². The average Bonchev–Trinajstić information content (AvgIpc) is 3.16. The fourth-order valence-electron chi connectivity index (χ4n) is 6.00. The summed E-state index contributed by atoms with van der Waals surface area (Å²) < 4.78 is 39.9. The van der Waals surface area contributed by atoms with Crippen LogP contribution in [0.2, 0.25) is 0 Å². The van der Waals surface area contributed by atoms with Gasteiger partial charge in [0.2, 0.25) is 0 Å². The Labute approximate surface area is 290 Å². The maximum atomic E-state index is 6.81. The first-order valence-corrected chi connectivity index (χ1v) is 17.2. The molecule has 1 aliphatic rings. The van der Waals surface area contributed by atoms with E-state index in [1.165, 1.54) is 5.56 Å². The monoisotopic (exact) mass is 658 g/mol. The SMILES string of the molecule is c1ccc(CCCO[C@@H]2O[C@H](COCc3ccccc3)[C@@H](OCc3ccccc3)[C@H](OCc3ccccc3)[C@H]2OCc2ccccc2)cc1. The van der Waals surface area contributed by atoms with E-state index in [0.717, 1.165) is 35.1 Å². The molecule has 0 amide bonds. The Morgan fingerprint density at radius 3 is 1.31 bits per heavy atom. The molecule has 1 aliphatic heterocycles. The first kappa shape index (κ1) is 34.7. The molecule has 254 valence electrons. The van der Waals surface area contributed by atoms with Gasteiger partial charge in [-0.3, -0.25) is 0 Å². The summed E-state index contributed by atoms with van der Waals surface area (Å²) in [5.74, 6) is 0. The fourth-order valence-corrected chi connectivity index (χ4v) is 6.00. The van der Waals surface area contributed by atoms with Crippen LogP contribution in [0.15, 0.2) is 152 Å². The van der Waals surface area contributed by atoms with Crippen LogP contribution < -0.4 is 0 Å². The molecular weight excluding hydrogens is 612 g/mol. The van der Waals surface area contributed by atoms with Crippen LogP contribution in [-0.4, -0.2) is 43.9 Å². The molecule has 0 N–H and O–H groups in total. The summed E-state index contributed by atoms with van der Waals surface area (Å²) in [6.45, 7) is 2.42. The lowest BCUT2D eigenvalue weighted by Crippen LogP contribution is -2.61. The first-order valence-electron chi connectivity index (χ1n) is 17.2. The molecule has 5 atom stereocenters. The van der Waals surface area contributed by atoms with Crippen molar-refractivity contribution in [2.24, 2.45) is 0 Å². The van der Waals surface area contributed by atoms with Crippen molar-refractivity contribution in [1.29, 1.82) is 0 Å². The highest BCUT2D eigenvalue weighted by Crippen LogP contribution is 2.32. The molecule has 6 heteroatoms. The van der Waals surface area contributed by atoms with Crippen molar-refractivity contribution < 1.29 is 28.4 Å². The van der Waals surface area contributed by atoms with Gasteiger partial charge in [0, 0.05) is 0 Å². The third-order valence-electron chi connectivity index (χ3n) is 8.58. The zero-order valence-corrected chi connectivity index (χ0v) is 27.9. The first-order chi connectivity index (χ1) is 24.3. The maximum Gasteiger partial charge on any atom is 0.186 e. The van der Waals surface area contributed by atoms with Crippen molar-refractivity contribution in [2.45, 2.75) is 70.0 Å². The van der Waals surface area contributed by atoms with Crippen molar-refractivity contribution in [1.82, 2.24) is 0 Å². The van der Waals surface area contributed by atoms with Crippen LogP contribution in [0, 0.1) is 0 Å². The minimum Gasteiger partial charge on any atom is -0.374 e. The Morgan fingerprint density at radius 1 is 0.408 bits per heavy atom.